The Hall–Kier alpha value is -3.66. The Balaban J connectivity index is 1.72. The molecule has 0 atom stereocenters. The van der Waals surface area contributed by atoms with Gasteiger partial charge in [-0.25, -0.2) is 9.59 Å². The van der Waals surface area contributed by atoms with Crippen LogP contribution in [0.5, 0.6) is 0 Å². The average molecular weight is 344 g/mol. The summed E-state index contributed by atoms with van der Waals surface area (Å²) < 4.78 is 0. The van der Waals surface area contributed by atoms with Gasteiger partial charge >= 0.3 is 11.9 Å². The van der Waals surface area contributed by atoms with Crippen molar-refractivity contribution in [2.75, 3.05) is 0 Å². The maximum absolute atomic E-state index is 10.9. The molecule has 0 aliphatic rings. The Morgan fingerprint density at radius 2 is 0.846 bits per heavy atom. The van der Waals surface area contributed by atoms with Crippen LogP contribution >= 0.6 is 0 Å². The van der Waals surface area contributed by atoms with E-state index in [2.05, 4.69) is 0 Å². The molecule has 0 saturated carbocycles. The third-order valence-corrected chi connectivity index (χ3v) is 4.00. The van der Waals surface area contributed by atoms with Gasteiger partial charge in [-0.05, 0) is 46.5 Å². The van der Waals surface area contributed by atoms with Crippen molar-refractivity contribution in [1.29, 1.82) is 0 Å². The first-order chi connectivity index (χ1) is 12.5. The molecule has 3 aromatic rings. The van der Waals surface area contributed by atoms with Crippen LogP contribution in [-0.2, 0) is 0 Å². The van der Waals surface area contributed by atoms with Crippen LogP contribution in [0.3, 0.4) is 0 Å². The molecule has 26 heavy (non-hydrogen) atoms. The maximum atomic E-state index is 10.9. The van der Waals surface area contributed by atoms with E-state index in [1.165, 1.54) is 0 Å². The first-order valence-corrected chi connectivity index (χ1v) is 7.98. The number of carbonyl (C=O) groups is 2. The third-order valence-electron chi connectivity index (χ3n) is 4.00. The molecule has 3 aromatic carbocycles. The summed E-state index contributed by atoms with van der Waals surface area (Å²) in [5, 5.41) is 17.8. The van der Waals surface area contributed by atoms with Crippen LogP contribution in [0.2, 0.25) is 0 Å². The Bertz CT molecular complexity index is 951. The molecule has 4 heteroatoms. The van der Waals surface area contributed by atoms with Crippen molar-refractivity contribution in [1.82, 2.24) is 0 Å². The fourth-order valence-electron chi connectivity index (χ4n) is 2.52. The largest absolute Gasteiger partial charge is 0.478 e. The Morgan fingerprint density at radius 1 is 0.538 bits per heavy atom. The van der Waals surface area contributed by atoms with Gasteiger partial charge in [0.05, 0.1) is 11.1 Å². The van der Waals surface area contributed by atoms with E-state index in [1.807, 2.05) is 36.4 Å². The van der Waals surface area contributed by atoms with Gasteiger partial charge in [-0.2, -0.15) is 0 Å². The predicted molar refractivity (Wildman–Crippen MR) is 101 cm³/mol. The lowest BCUT2D eigenvalue weighted by Gasteiger charge is -2.03. The smallest absolute Gasteiger partial charge is 0.335 e. The van der Waals surface area contributed by atoms with E-state index in [-0.39, 0.29) is 11.1 Å². The van der Waals surface area contributed by atoms with Crippen molar-refractivity contribution in [3.8, 4) is 11.1 Å². The minimum absolute atomic E-state index is 0.264. The van der Waals surface area contributed by atoms with E-state index >= 15 is 0 Å². The van der Waals surface area contributed by atoms with E-state index in [0.29, 0.717) is 0 Å². The molecule has 0 bridgehead atoms. The molecule has 0 unspecified atom stereocenters. The Labute approximate surface area is 150 Å². The molecule has 2 N–H and O–H groups in total. The molecule has 0 aliphatic carbocycles. The maximum Gasteiger partial charge on any atom is 0.335 e. The molecule has 0 aliphatic heterocycles. The lowest BCUT2D eigenvalue weighted by atomic mass is 10.0. The first-order valence-electron chi connectivity index (χ1n) is 7.98. The highest BCUT2D eigenvalue weighted by atomic mass is 16.4. The van der Waals surface area contributed by atoms with Crippen LogP contribution in [0.15, 0.2) is 72.8 Å². The number of hydrogen-bond donors (Lipinski definition) is 2. The van der Waals surface area contributed by atoms with E-state index in [0.717, 1.165) is 22.3 Å². The molecule has 0 aromatic heterocycles. The zero-order valence-electron chi connectivity index (χ0n) is 13.8. The van der Waals surface area contributed by atoms with E-state index < -0.39 is 11.9 Å². The monoisotopic (exact) mass is 344 g/mol. The van der Waals surface area contributed by atoms with Crippen LogP contribution in [0.1, 0.15) is 31.8 Å². The molecule has 3 rings (SSSR count). The minimum atomic E-state index is -0.937. The van der Waals surface area contributed by atoms with Crippen LogP contribution in [0, 0.1) is 0 Å². The lowest BCUT2D eigenvalue weighted by molar-refractivity contribution is 0.0686. The van der Waals surface area contributed by atoms with E-state index in [9.17, 15) is 9.59 Å². The normalized spacial score (nSPS) is 10.8. The molecule has 0 amide bonds. The summed E-state index contributed by atoms with van der Waals surface area (Å²) in [6.07, 6.45) is 3.87. The van der Waals surface area contributed by atoms with Gasteiger partial charge in [0.25, 0.3) is 0 Å². The number of aromatic carboxylic acids is 2. The number of carboxylic acids is 2. The molecule has 128 valence electrons. The topological polar surface area (TPSA) is 74.6 Å². The molecule has 0 radical (unpaired) electrons. The van der Waals surface area contributed by atoms with Gasteiger partial charge in [0.2, 0.25) is 0 Å². The summed E-state index contributed by atoms with van der Waals surface area (Å²) in [6.45, 7) is 0. The summed E-state index contributed by atoms with van der Waals surface area (Å²) >= 11 is 0. The molecule has 0 fully saturated rings. The van der Waals surface area contributed by atoms with Crippen molar-refractivity contribution in [2.24, 2.45) is 0 Å². The summed E-state index contributed by atoms with van der Waals surface area (Å²) in [5.74, 6) is -1.87. The second-order valence-electron chi connectivity index (χ2n) is 5.77. The van der Waals surface area contributed by atoms with Gasteiger partial charge in [-0.3, -0.25) is 0 Å². The van der Waals surface area contributed by atoms with Crippen LogP contribution in [-0.4, -0.2) is 22.2 Å². The summed E-state index contributed by atoms with van der Waals surface area (Å²) in [6, 6.07) is 21.3. The van der Waals surface area contributed by atoms with Gasteiger partial charge < -0.3 is 10.2 Å². The fourth-order valence-corrected chi connectivity index (χ4v) is 2.52. The predicted octanol–water partition coefficient (Wildman–Crippen LogP) is 4.92. The van der Waals surface area contributed by atoms with Crippen molar-refractivity contribution < 1.29 is 19.8 Å². The lowest BCUT2D eigenvalue weighted by Crippen LogP contribution is -1.94. The van der Waals surface area contributed by atoms with E-state index in [4.69, 9.17) is 10.2 Å². The second-order valence-corrected chi connectivity index (χ2v) is 5.77. The highest BCUT2D eigenvalue weighted by Crippen LogP contribution is 2.21. The highest BCUT2D eigenvalue weighted by Gasteiger charge is 2.03. The average Bonchev–Trinajstić information content (AvgIpc) is 2.67. The molecular weight excluding hydrogens is 328 g/mol. The van der Waals surface area contributed by atoms with Crippen molar-refractivity contribution in [2.45, 2.75) is 0 Å². The van der Waals surface area contributed by atoms with Crippen molar-refractivity contribution in [3.05, 3.63) is 95.1 Å². The molecule has 4 nitrogen and oxygen atoms in total. The van der Waals surface area contributed by atoms with Gasteiger partial charge in [0, 0.05) is 0 Å². The summed E-state index contributed by atoms with van der Waals surface area (Å²) in [7, 11) is 0. The first kappa shape index (κ1) is 17.2. The molecule has 0 saturated heterocycles. The second kappa shape index (κ2) is 7.49. The number of carboxylic acid groups (broad SMARTS) is 2. The standard InChI is InChI=1S/C22H16O4/c23-21(24)19-9-5-16(6-10-19)2-1-15-3-7-17(8-4-15)18-11-13-20(14-12-18)22(25)26/h1-14H,(H,23,24)(H,25,26)/b2-1-. The van der Waals surface area contributed by atoms with Crippen LogP contribution in [0.25, 0.3) is 23.3 Å². The third kappa shape index (κ3) is 4.05. The van der Waals surface area contributed by atoms with E-state index in [1.54, 1.807) is 48.5 Å². The number of rotatable bonds is 5. The van der Waals surface area contributed by atoms with Gasteiger partial charge in [0.15, 0.2) is 0 Å². The highest BCUT2D eigenvalue weighted by molar-refractivity contribution is 5.88. The summed E-state index contributed by atoms with van der Waals surface area (Å²) in [5.41, 5.74) is 4.42. The van der Waals surface area contributed by atoms with Gasteiger partial charge in [-0.15, -0.1) is 0 Å². The molecule has 0 heterocycles. The van der Waals surface area contributed by atoms with Crippen LogP contribution < -0.4 is 0 Å². The molecule has 0 spiro atoms. The molecular formula is C22H16O4. The Morgan fingerprint density at radius 3 is 1.23 bits per heavy atom. The number of benzene rings is 3. The van der Waals surface area contributed by atoms with Crippen molar-refractivity contribution >= 4 is 24.1 Å². The van der Waals surface area contributed by atoms with Gasteiger partial charge in [0.1, 0.15) is 0 Å². The number of hydrogen-bond acceptors (Lipinski definition) is 2. The zero-order chi connectivity index (χ0) is 18.5. The van der Waals surface area contributed by atoms with Gasteiger partial charge in [-0.1, -0.05) is 60.7 Å². The SMILES string of the molecule is O=C(O)c1ccc(/C=C\c2ccc(-c3ccc(C(=O)O)cc3)cc2)cc1. The van der Waals surface area contributed by atoms with Crippen LogP contribution in [0.4, 0.5) is 0 Å². The minimum Gasteiger partial charge on any atom is -0.478 e. The quantitative estimate of drug-likeness (QED) is 0.644. The van der Waals surface area contributed by atoms with Crippen molar-refractivity contribution in [3.63, 3.8) is 0 Å². The Kier molecular flexibility index (Phi) is 4.94. The zero-order valence-corrected chi connectivity index (χ0v) is 13.8. The summed E-state index contributed by atoms with van der Waals surface area (Å²) in [4.78, 5) is 21.7. The fraction of sp³-hybridized carbons (Fsp3) is 0.